The fourth-order valence-electron chi connectivity index (χ4n) is 2.23. The van der Waals surface area contributed by atoms with Crippen LogP contribution in [0.5, 0.6) is 11.5 Å². The van der Waals surface area contributed by atoms with E-state index in [1.165, 1.54) is 0 Å². The second-order valence-electron chi connectivity index (χ2n) is 5.25. The summed E-state index contributed by atoms with van der Waals surface area (Å²) in [4.78, 5) is 10.6. The first-order valence-electron chi connectivity index (χ1n) is 6.59. The Morgan fingerprint density at radius 1 is 1.00 bits per heavy atom. The molecule has 2 aromatic rings. The smallest absolute Gasteiger partial charge is 0.497 e. The minimum atomic E-state index is -1.31. The van der Waals surface area contributed by atoms with Crippen molar-refractivity contribution < 1.29 is 19.4 Å². The summed E-state index contributed by atoms with van der Waals surface area (Å²) in [6, 6.07) is 14.9. The molecule has 0 atom stereocenters. The van der Waals surface area contributed by atoms with Gasteiger partial charge in [-0.15, -0.1) is 0 Å². The Bertz CT molecular complexity index is 647. The maximum atomic E-state index is 10.6. The van der Waals surface area contributed by atoms with Gasteiger partial charge in [0.15, 0.2) is 0 Å². The molecule has 0 bridgehead atoms. The van der Waals surface area contributed by atoms with E-state index < -0.39 is 6.16 Å². The molecule has 0 aliphatic carbocycles. The van der Waals surface area contributed by atoms with Gasteiger partial charge in [0.05, 0.1) is 7.11 Å². The van der Waals surface area contributed by atoms with Crippen LogP contribution in [-0.4, -0.2) is 18.4 Å². The lowest BCUT2D eigenvalue weighted by Crippen LogP contribution is -2.19. The lowest BCUT2D eigenvalue weighted by atomic mass is 9.78. The Kier molecular flexibility index (Phi) is 4.17. The van der Waals surface area contributed by atoms with E-state index in [2.05, 4.69) is 13.8 Å². The third-order valence-corrected chi connectivity index (χ3v) is 3.55. The van der Waals surface area contributed by atoms with E-state index in [0.717, 1.165) is 16.9 Å². The van der Waals surface area contributed by atoms with Crippen molar-refractivity contribution in [3.05, 3.63) is 59.7 Å². The molecule has 0 aliphatic rings. The van der Waals surface area contributed by atoms with Gasteiger partial charge in [0.1, 0.15) is 11.5 Å². The molecule has 0 saturated heterocycles. The molecule has 2 aromatic carbocycles. The molecule has 1 N–H and O–H groups in total. The van der Waals surface area contributed by atoms with Crippen molar-refractivity contribution in [3.8, 4) is 11.5 Å². The van der Waals surface area contributed by atoms with E-state index in [9.17, 15) is 4.79 Å². The zero-order chi connectivity index (χ0) is 15.5. The number of carboxylic acid groups (broad SMARTS) is 1. The second-order valence-corrected chi connectivity index (χ2v) is 5.25. The Hall–Kier alpha value is -2.49. The largest absolute Gasteiger partial charge is 0.511 e. The van der Waals surface area contributed by atoms with Crippen molar-refractivity contribution in [3.63, 3.8) is 0 Å². The first kappa shape index (κ1) is 14.9. The molecule has 0 spiro atoms. The van der Waals surface area contributed by atoms with Crippen molar-refractivity contribution >= 4 is 6.16 Å². The molecular formula is C17H18O4. The summed E-state index contributed by atoms with van der Waals surface area (Å²) in [5.74, 6) is 1.11. The van der Waals surface area contributed by atoms with E-state index in [4.69, 9.17) is 14.6 Å². The van der Waals surface area contributed by atoms with Crippen LogP contribution in [0.4, 0.5) is 4.79 Å². The SMILES string of the molecule is COc1cccc(C(C)(C)c2cccc(OC(=O)O)c2)c1. The normalized spacial score (nSPS) is 11.0. The van der Waals surface area contributed by atoms with Crippen LogP contribution >= 0.6 is 0 Å². The Morgan fingerprint density at radius 3 is 2.05 bits per heavy atom. The molecule has 4 heteroatoms. The second kappa shape index (κ2) is 5.87. The van der Waals surface area contributed by atoms with Crippen LogP contribution in [0.15, 0.2) is 48.5 Å². The minimum absolute atomic E-state index is 0.299. The summed E-state index contributed by atoms with van der Waals surface area (Å²) < 4.78 is 9.98. The van der Waals surface area contributed by atoms with Gasteiger partial charge in [-0.05, 0) is 35.4 Å². The molecule has 0 amide bonds. The van der Waals surface area contributed by atoms with Crippen LogP contribution in [0.25, 0.3) is 0 Å². The summed E-state index contributed by atoms with van der Waals surface area (Å²) in [6.45, 7) is 4.14. The zero-order valence-electron chi connectivity index (χ0n) is 12.3. The fourth-order valence-corrected chi connectivity index (χ4v) is 2.23. The highest BCUT2D eigenvalue weighted by molar-refractivity contribution is 5.61. The number of methoxy groups -OCH3 is 1. The van der Waals surface area contributed by atoms with E-state index in [1.807, 2.05) is 30.3 Å². The van der Waals surface area contributed by atoms with Crippen LogP contribution in [-0.2, 0) is 5.41 Å². The highest BCUT2D eigenvalue weighted by Crippen LogP contribution is 2.34. The molecule has 110 valence electrons. The summed E-state index contributed by atoms with van der Waals surface area (Å²) >= 11 is 0. The molecule has 0 unspecified atom stereocenters. The number of rotatable bonds is 4. The van der Waals surface area contributed by atoms with E-state index in [1.54, 1.807) is 25.3 Å². The number of ether oxygens (including phenoxy) is 2. The minimum Gasteiger partial charge on any atom is -0.497 e. The van der Waals surface area contributed by atoms with Crippen molar-refractivity contribution in [2.24, 2.45) is 0 Å². The zero-order valence-corrected chi connectivity index (χ0v) is 12.3. The maximum absolute atomic E-state index is 10.6. The highest BCUT2D eigenvalue weighted by Gasteiger charge is 2.24. The Balaban J connectivity index is 2.40. The van der Waals surface area contributed by atoms with Gasteiger partial charge in [0.25, 0.3) is 0 Å². The average Bonchev–Trinajstić information content (AvgIpc) is 2.47. The molecule has 2 rings (SSSR count). The standard InChI is InChI=1S/C17H18O4/c1-17(2,12-6-4-8-14(10-12)20-3)13-7-5-9-15(11-13)21-16(18)19/h4-11H,1-3H3,(H,18,19). The van der Waals surface area contributed by atoms with E-state index in [0.29, 0.717) is 5.75 Å². The van der Waals surface area contributed by atoms with Crippen LogP contribution in [0.3, 0.4) is 0 Å². The van der Waals surface area contributed by atoms with Crippen molar-refractivity contribution in [2.75, 3.05) is 7.11 Å². The molecule has 4 nitrogen and oxygen atoms in total. The van der Waals surface area contributed by atoms with Gasteiger partial charge in [-0.3, -0.25) is 0 Å². The molecule has 21 heavy (non-hydrogen) atoms. The topological polar surface area (TPSA) is 55.8 Å². The quantitative estimate of drug-likeness (QED) is 0.679. The molecule has 0 aromatic heterocycles. The molecule has 0 aliphatic heterocycles. The van der Waals surface area contributed by atoms with Crippen LogP contribution in [0, 0.1) is 0 Å². The molecule has 0 heterocycles. The average molecular weight is 286 g/mol. The summed E-state index contributed by atoms with van der Waals surface area (Å²) in [6.07, 6.45) is -1.31. The Morgan fingerprint density at radius 2 is 1.52 bits per heavy atom. The lowest BCUT2D eigenvalue weighted by molar-refractivity contribution is 0.144. The number of hydrogen-bond donors (Lipinski definition) is 1. The van der Waals surface area contributed by atoms with Gasteiger partial charge in [-0.25, -0.2) is 4.79 Å². The molecule has 0 radical (unpaired) electrons. The van der Waals surface area contributed by atoms with Crippen LogP contribution in [0.1, 0.15) is 25.0 Å². The number of hydrogen-bond acceptors (Lipinski definition) is 3. The number of carbonyl (C=O) groups is 1. The predicted octanol–water partition coefficient (Wildman–Crippen LogP) is 4.08. The first-order valence-corrected chi connectivity index (χ1v) is 6.59. The van der Waals surface area contributed by atoms with Crippen molar-refractivity contribution in [1.29, 1.82) is 0 Å². The Labute approximate surface area is 123 Å². The van der Waals surface area contributed by atoms with Gasteiger partial charge < -0.3 is 14.6 Å². The summed E-state index contributed by atoms with van der Waals surface area (Å²) in [7, 11) is 1.63. The first-order chi connectivity index (χ1) is 9.93. The van der Waals surface area contributed by atoms with E-state index >= 15 is 0 Å². The van der Waals surface area contributed by atoms with Crippen LogP contribution < -0.4 is 9.47 Å². The van der Waals surface area contributed by atoms with Gasteiger partial charge in [-0.1, -0.05) is 38.1 Å². The van der Waals surface area contributed by atoms with Crippen LogP contribution in [0.2, 0.25) is 0 Å². The fraction of sp³-hybridized carbons (Fsp3) is 0.235. The summed E-state index contributed by atoms with van der Waals surface area (Å²) in [5.41, 5.74) is 1.75. The van der Waals surface area contributed by atoms with Crippen molar-refractivity contribution in [1.82, 2.24) is 0 Å². The monoisotopic (exact) mass is 286 g/mol. The maximum Gasteiger partial charge on any atom is 0.511 e. The third kappa shape index (κ3) is 3.34. The predicted molar refractivity (Wildman–Crippen MR) is 80.2 cm³/mol. The summed E-state index contributed by atoms with van der Waals surface area (Å²) in [5, 5.41) is 8.71. The number of benzene rings is 2. The third-order valence-electron chi connectivity index (χ3n) is 3.55. The van der Waals surface area contributed by atoms with Crippen molar-refractivity contribution in [2.45, 2.75) is 19.3 Å². The van der Waals surface area contributed by atoms with Gasteiger partial charge in [0.2, 0.25) is 0 Å². The van der Waals surface area contributed by atoms with Gasteiger partial charge in [0, 0.05) is 5.41 Å². The molecule has 0 fully saturated rings. The van der Waals surface area contributed by atoms with Gasteiger partial charge in [-0.2, -0.15) is 0 Å². The molecule has 0 saturated carbocycles. The molecular weight excluding hydrogens is 268 g/mol. The van der Waals surface area contributed by atoms with E-state index in [-0.39, 0.29) is 5.41 Å². The highest BCUT2D eigenvalue weighted by atomic mass is 16.7. The van der Waals surface area contributed by atoms with Gasteiger partial charge >= 0.3 is 6.16 Å². The lowest BCUT2D eigenvalue weighted by Gasteiger charge is -2.26.